The summed E-state index contributed by atoms with van der Waals surface area (Å²) in [7, 11) is 4.40. The molecule has 2 fully saturated rings. The number of nitrogens with zero attached hydrogens (tertiary/aromatic N) is 1. The number of anilines is 3. The number of alkyl carbamates (subject to hydrolysis) is 1. The van der Waals surface area contributed by atoms with Crippen molar-refractivity contribution in [1.29, 1.82) is 0 Å². The Bertz CT molecular complexity index is 2820. The van der Waals surface area contributed by atoms with Crippen LogP contribution in [0, 0.1) is 17.8 Å². The number of urea groups is 1. The lowest BCUT2D eigenvalue weighted by atomic mass is 9.83. The Balaban J connectivity index is 1.32. The van der Waals surface area contributed by atoms with E-state index in [1.807, 2.05) is 26.8 Å². The fraction of sp³-hybridized carbons (Fsp3) is 0.586. The van der Waals surface area contributed by atoms with Gasteiger partial charge in [-0.25, -0.2) is 14.4 Å². The summed E-state index contributed by atoms with van der Waals surface area (Å²) in [6.45, 7) is 12.6. The number of amides is 8. The zero-order valence-electron chi connectivity index (χ0n) is 49.5. The summed E-state index contributed by atoms with van der Waals surface area (Å²) >= 11 is 17.0. The zero-order chi connectivity index (χ0) is 63.1. The van der Waals surface area contributed by atoms with Crippen molar-refractivity contribution in [2.24, 2.45) is 23.5 Å². The quantitative estimate of drug-likeness (QED) is 0.0170. The molecular weight excluding hydrogens is 1320 g/mol. The van der Waals surface area contributed by atoms with Crippen LogP contribution in [0.15, 0.2) is 58.6 Å². The summed E-state index contributed by atoms with van der Waals surface area (Å²) in [5, 5.41) is 29.0. The predicted octanol–water partition coefficient (Wildman–Crippen LogP) is 8.44. The zero-order valence-corrected chi connectivity index (χ0v) is 55.0. The van der Waals surface area contributed by atoms with Crippen LogP contribution in [0.3, 0.4) is 0 Å². The normalized spacial score (nSPS) is 24.2. The number of alkyl halides is 2. The highest BCUT2D eigenvalue weighted by Gasteiger charge is 2.64. The monoisotopic (exact) mass is 1400 g/mol. The number of rotatable bonds is 23. The van der Waals surface area contributed by atoms with E-state index in [1.54, 1.807) is 52.0 Å². The topological polar surface area (TPSA) is 317 Å². The van der Waals surface area contributed by atoms with Crippen LogP contribution in [0.4, 0.5) is 31.4 Å². The highest BCUT2D eigenvalue weighted by molar-refractivity contribution is 9.10. The summed E-state index contributed by atoms with van der Waals surface area (Å²) in [4.78, 5) is 108. The predicted molar refractivity (Wildman–Crippen MR) is 331 cm³/mol. The molecule has 0 saturated carbocycles. The van der Waals surface area contributed by atoms with E-state index >= 15 is 0 Å². The Kier molecular flexibility index (Phi) is 26.0. The van der Waals surface area contributed by atoms with Crippen LogP contribution in [0.1, 0.15) is 105 Å². The first kappa shape index (κ1) is 70.3. The van der Waals surface area contributed by atoms with Gasteiger partial charge in [-0.2, -0.15) is 0 Å². The summed E-state index contributed by atoms with van der Waals surface area (Å²) in [5.41, 5.74) is 3.68. The van der Waals surface area contributed by atoms with Crippen LogP contribution in [-0.2, 0) is 54.1 Å². The van der Waals surface area contributed by atoms with E-state index in [0.717, 1.165) is 11.1 Å². The van der Waals surface area contributed by atoms with Crippen LogP contribution in [0.25, 0.3) is 0 Å². The number of nitrogens with one attached hydrogen (secondary N) is 6. The average molecular weight is 1400 g/mol. The van der Waals surface area contributed by atoms with Gasteiger partial charge in [0.2, 0.25) is 23.6 Å². The van der Waals surface area contributed by atoms with Crippen molar-refractivity contribution in [2.75, 3.05) is 54.0 Å². The average Bonchev–Trinajstić information content (AvgIpc) is 1.71. The first-order chi connectivity index (χ1) is 40.0. The molecule has 0 aliphatic carbocycles. The molecule has 2 aromatic rings. The standard InChI is InChI=1S/C58H80Br3ClN8O15/c1-31(2)48(68-45(71)18-11-12-21-56(5,6)85-52(75)35(29-59)30-60)51(74)67-39(16-14-22-64-53(63)76)50(73)66-38-20-19-36(26-37(38)61)65-54(77)83-44-27-46(72)70(8)40-24-34(25-41(80-9)47(40)62)23-32(3)15-13-17-43(81-10)58(79)28-42(82-55(78)69-58)33(4)49-57(44,7)84-49/h13,15,17,19-20,24-26,31,33,35,39,42-44,48-49,79H,11-12,14,16,18,21-23,27-30H2,1-10H3,(H,65,77)(H,66,73)(H,67,74)(H,68,71)(H,69,78)(H3,63,64,76)/b17-13+,32-15+/t33-,39+,42+,43-,44+,48+,49+,57+,58+/m1/s1. The van der Waals surface area contributed by atoms with Gasteiger partial charge in [-0.05, 0) is 124 Å². The molecule has 0 aromatic heterocycles. The van der Waals surface area contributed by atoms with E-state index in [-0.39, 0.29) is 72.3 Å². The third-order valence-electron chi connectivity index (χ3n) is 15.1. The number of nitrogens with two attached hydrogens (primary N) is 1. The SMILES string of the molecule is COc1cc2cc(c1Cl)N(C)C(=O)C[C@H](OC(=O)Nc1ccc(NC(=O)[C@H](CCCNC(N)=O)NC(=O)[C@@H](NC(=O)CCCCC(C)(C)OC(=O)C(CBr)CBr)C(C)C)c(Br)c1)[C@]1(C)O[C@H]1[C@H](C)[C@@H]1C[C@@](O)(NC(=O)O1)[C@H](OC)/C=C/C=C(\C)C2. The lowest BCUT2D eigenvalue weighted by Gasteiger charge is -2.42. The largest absolute Gasteiger partial charge is 0.495 e. The molecule has 2 aromatic carbocycles. The van der Waals surface area contributed by atoms with Gasteiger partial charge < -0.3 is 65.4 Å². The number of primary amides is 1. The minimum Gasteiger partial charge on any atom is -0.495 e. The number of halogens is 4. The van der Waals surface area contributed by atoms with Gasteiger partial charge in [0.1, 0.15) is 52.4 Å². The second kappa shape index (κ2) is 31.4. The van der Waals surface area contributed by atoms with Crippen LogP contribution in [0.5, 0.6) is 5.75 Å². The Morgan fingerprint density at radius 1 is 1.01 bits per heavy atom. The van der Waals surface area contributed by atoms with E-state index < -0.39 is 102 Å². The molecule has 3 aliphatic rings. The Hall–Kier alpha value is -5.51. The number of unbranched alkanes of at least 4 members (excludes halogenated alkanes) is 1. The van der Waals surface area contributed by atoms with Crippen LogP contribution >= 0.6 is 59.4 Å². The number of fused-ring (bicyclic) bond motifs is 5. The minimum atomic E-state index is -1.90. The number of allylic oxidation sites excluding steroid dienone is 3. The number of esters is 1. The van der Waals surface area contributed by atoms with Crippen molar-refractivity contribution in [3.05, 3.63) is 69.2 Å². The summed E-state index contributed by atoms with van der Waals surface area (Å²) in [6, 6.07) is 5.02. The molecule has 0 unspecified atom stereocenters. The van der Waals surface area contributed by atoms with Crippen LogP contribution in [-0.4, -0.2) is 145 Å². The molecule has 0 radical (unpaired) electrons. The van der Waals surface area contributed by atoms with E-state index in [0.29, 0.717) is 52.3 Å². The number of hydrogen-bond acceptors (Lipinski definition) is 15. The van der Waals surface area contributed by atoms with Crippen LogP contribution in [0.2, 0.25) is 5.02 Å². The lowest BCUT2D eigenvalue weighted by Crippen LogP contribution is -2.63. The Morgan fingerprint density at radius 2 is 1.72 bits per heavy atom. The number of methoxy groups -OCH3 is 2. The molecular formula is C58H80Br3ClN8O15. The van der Waals surface area contributed by atoms with Gasteiger partial charge in [0.25, 0.3) is 0 Å². The number of hydrogen-bond donors (Lipinski definition) is 8. The molecule has 470 valence electrons. The molecule has 23 nitrogen and oxygen atoms in total. The van der Waals surface area contributed by atoms with E-state index in [4.69, 9.17) is 45.8 Å². The van der Waals surface area contributed by atoms with Crippen molar-refractivity contribution < 1.29 is 71.9 Å². The summed E-state index contributed by atoms with van der Waals surface area (Å²) in [6.07, 6.45) is 1.11. The fourth-order valence-electron chi connectivity index (χ4n) is 10.0. The summed E-state index contributed by atoms with van der Waals surface area (Å²) in [5.74, 6) is -3.51. The minimum absolute atomic E-state index is 0.0514. The fourth-order valence-corrected chi connectivity index (χ4v) is 12.4. The van der Waals surface area contributed by atoms with Crippen molar-refractivity contribution in [3.8, 4) is 5.75 Å². The molecule has 5 rings (SSSR count). The van der Waals surface area contributed by atoms with Gasteiger partial charge in [-0.1, -0.05) is 88.0 Å². The maximum absolute atomic E-state index is 14.4. The second-order valence-electron chi connectivity index (χ2n) is 22.7. The first-order valence-corrected chi connectivity index (χ1v) is 31.3. The molecule has 9 atom stereocenters. The molecule has 9 N–H and O–H groups in total. The summed E-state index contributed by atoms with van der Waals surface area (Å²) < 4.78 is 35.4. The number of carbonyl (C=O) groups excluding carboxylic acids is 8. The number of aliphatic hydroxyl groups is 1. The molecule has 3 aliphatic heterocycles. The van der Waals surface area contributed by atoms with Gasteiger partial charge in [-0.3, -0.25) is 34.6 Å². The van der Waals surface area contributed by atoms with Crippen molar-refractivity contribution in [3.63, 3.8) is 0 Å². The maximum atomic E-state index is 14.4. The van der Waals surface area contributed by atoms with E-state index in [9.17, 15) is 43.5 Å². The number of epoxide rings is 1. The third-order valence-corrected chi connectivity index (χ3v) is 17.7. The van der Waals surface area contributed by atoms with Gasteiger partial charge in [0.05, 0.1) is 36.9 Å². The molecule has 27 heteroatoms. The van der Waals surface area contributed by atoms with Crippen molar-refractivity contribution >= 4 is 124 Å². The number of ether oxygens (including phenoxy) is 6. The molecule has 85 heavy (non-hydrogen) atoms. The number of benzene rings is 2. The maximum Gasteiger partial charge on any atom is 0.412 e. The van der Waals surface area contributed by atoms with Gasteiger partial charge in [-0.15, -0.1) is 0 Å². The Labute approximate surface area is 526 Å². The van der Waals surface area contributed by atoms with E-state index in [2.05, 4.69) is 79.7 Å². The van der Waals surface area contributed by atoms with Gasteiger partial charge in [0.15, 0.2) is 5.72 Å². The lowest BCUT2D eigenvalue weighted by molar-refractivity contribution is -0.160. The van der Waals surface area contributed by atoms with Gasteiger partial charge >= 0.3 is 24.2 Å². The number of carbonyl (C=O) groups is 8. The molecule has 8 amide bonds. The van der Waals surface area contributed by atoms with Crippen molar-refractivity contribution in [1.82, 2.24) is 21.3 Å². The smallest absolute Gasteiger partial charge is 0.412 e. The molecule has 2 saturated heterocycles. The van der Waals surface area contributed by atoms with E-state index in [1.165, 1.54) is 44.4 Å². The molecule has 0 spiro atoms. The third kappa shape index (κ3) is 19.7. The van der Waals surface area contributed by atoms with Crippen molar-refractivity contribution in [2.45, 2.75) is 160 Å². The highest BCUT2D eigenvalue weighted by Crippen LogP contribution is 2.49. The second-order valence-corrected chi connectivity index (χ2v) is 25.2. The highest BCUT2D eigenvalue weighted by atomic mass is 79.9. The molecule has 3 heterocycles. The first-order valence-electron chi connectivity index (χ1n) is 27.9. The van der Waals surface area contributed by atoms with Crippen LogP contribution < -0.4 is 47.3 Å². The van der Waals surface area contributed by atoms with Gasteiger partial charge in [0, 0.05) is 60.3 Å². The molecule has 4 bridgehead atoms. The Morgan fingerprint density at radius 3 is 2.35 bits per heavy atom.